The van der Waals surface area contributed by atoms with Crippen molar-refractivity contribution >= 4 is 5.97 Å². The molecular weight excluding hydrogens is 440 g/mol. The normalized spacial score (nSPS) is 63.4. The first-order chi connectivity index (χ1) is 17.6. The lowest BCUT2D eigenvalue weighted by Crippen LogP contribution is -2.55. The summed E-state index contributed by atoms with van der Waals surface area (Å²) in [6.07, 6.45) is 21.9. The monoisotopic (exact) mass is 486 g/mol. The van der Waals surface area contributed by atoms with Gasteiger partial charge in [-0.3, -0.25) is 4.79 Å². The number of fused-ring (bicyclic) bond motifs is 20. The highest BCUT2D eigenvalue weighted by atomic mass is 16.6. The zero-order valence-electron chi connectivity index (χ0n) is 22.3. The maximum absolute atomic E-state index is 14.0. The molecule has 0 aliphatic heterocycles. The van der Waals surface area contributed by atoms with Crippen LogP contribution < -0.4 is 0 Å². The third-order valence-corrected chi connectivity index (χ3v) is 15.8. The van der Waals surface area contributed by atoms with E-state index in [0.717, 1.165) is 77.4 Å². The van der Waals surface area contributed by atoms with Gasteiger partial charge in [0.25, 0.3) is 0 Å². The quantitative estimate of drug-likeness (QED) is 0.240. The SMILES string of the molecule is CC(OC(=O)C1CC2C=CC1C2)(C1CC2CC1C1C3CCC(C3)C21)C1CC2CC1C1C3CCC(C3)C21. The summed E-state index contributed by atoms with van der Waals surface area (Å²) in [6, 6.07) is 0. The Bertz CT molecular complexity index is 974. The largest absolute Gasteiger partial charge is 0.459 e. The fourth-order valence-electron chi connectivity index (χ4n) is 15.2. The number of ether oxygens (including phenoxy) is 1. The van der Waals surface area contributed by atoms with E-state index in [2.05, 4.69) is 19.1 Å². The number of rotatable bonds is 4. The highest BCUT2D eigenvalue weighted by Gasteiger charge is 2.70. The van der Waals surface area contributed by atoms with E-state index in [9.17, 15) is 4.79 Å². The third-order valence-electron chi connectivity index (χ3n) is 15.8. The lowest BCUT2D eigenvalue weighted by molar-refractivity contribution is -0.191. The predicted molar refractivity (Wildman–Crippen MR) is 138 cm³/mol. The maximum Gasteiger partial charge on any atom is 0.310 e. The molecule has 10 bridgehead atoms. The van der Waals surface area contributed by atoms with Crippen LogP contribution in [-0.2, 0) is 9.53 Å². The molecule has 36 heavy (non-hydrogen) atoms. The smallest absolute Gasteiger partial charge is 0.310 e. The molecular formula is C34H46O2. The van der Waals surface area contributed by atoms with Crippen molar-refractivity contribution in [3.05, 3.63) is 12.2 Å². The van der Waals surface area contributed by atoms with Gasteiger partial charge in [-0.2, -0.15) is 0 Å². The molecule has 9 fully saturated rings. The first-order valence-electron chi connectivity index (χ1n) is 16.5. The molecule has 0 N–H and O–H groups in total. The fraction of sp³-hybridized carbons (Fsp3) is 0.912. The molecule has 0 aromatic carbocycles. The van der Waals surface area contributed by atoms with Crippen molar-refractivity contribution in [3.63, 3.8) is 0 Å². The summed E-state index contributed by atoms with van der Waals surface area (Å²) < 4.78 is 7.13. The summed E-state index contributed by atoms with van der Waals surface area (Å²) in [7, 11) is 0. The van der Waals surface area contributed by atoms with E-state index < -0.39 is 0 Å². The zero-order chi connectivity index (χ0) is 23.5. The Hall–Kier alpha value is -0.790. The molecule has 17 atom stereocenters. The molecule has 10 aliphatic rings. The molecule has 0 aromatic heterocycles. The minimum atomic E-state index is -0.193. The number of carbonyl (C=O) groups excluding carboxylic acids is 1. The molecule has 2 nitrogen and oxygen atoms in total. The Labute approximate surface area is 217 Å². The summed E-state index contributed by atoms with van der Waals surface area (Å²) in [4.78, 5) is 14.0. The predicted octanol–water partition coefficient (Wildman–Crippen LogP) is 7.14. The van der Waals surface area contributed by atoms with Gasteiger partial charge in [0.2, 0.25) is 0 Å². The van der Waals surface area contributed by atoms with Crippen LogP contribution in [0.3, 0.4) is 0 Å². The summed E-state index contributed by atoms with van der Waals surface area (Å²) in [5.41, 5.74) is -0.193. The minimum absolute atomic E-state index is 0.155. The van der Waals surface area contributed by atoms with E-state index in [1.165, 1.54) is 57.8 Å². The van der Waals surface area contributed by atoms with Crippen LogP contribution in [0.1, 0.15) is 84.0 Å². The Morgan fingerprint density at radius 3 is 1.69 bits per heavy atom. The van der Waals surface area contributed by atoms with Crippen molar-refractivity contribution in [2.75, 3.05) is 0 Å². The topological polar surface area (TPSA) is 26.3 Å². The fourth-order valence-corrected chi connectivity index (χ4v) is 15.2. The zero-order valence-corrected chi connectivity index (χ0v) is 22.3. The molecule has 0 heterocycles. The van der Waals surface area contributed by atoms with Crippen LogP contribution in [-0.4, -0.2) is 11.6 Å². The van der Waals surface area contributed by atoms with E-state index in [1.54, 1.807) is 12.8 Å². The van der Waals surface area contributed by atoms with Crippen LogP contribution in [0.5, 0.6) is 0 Å². The summed E-state index contributed by atoms with van der Waals surface area (Å²) >= 11 is 0. The molecule has 0 aromatic rings. The maximum atomic E-state index is 14.0. The Morgan fingerprint density at radius 2 is 1.19 bits per heavy atom. The molecule has 0 radical (unpaired) electrons. The molecule has 2 heteroatoms. The molecule has 0 amide bonds. The van der Waals surface area contributed by atoms with E-state index >= 15 is 0 Å². The molecule has 10 aliphatic carbocycles. The number of hydrogen-bond acceptors (Lipinski definition) is 2. The van der Waals surface area contributed by atoms with Gasteiger partial charge in [0.1, 0.15) is 5.60 Å². The number of esters is 1. The van der Waals surface area contributed by atoms with Gasteiger partial charge in [0.05, 0.1) is 5.92 Å². The molecule has 9 saturated carbocycles. The van der Waals surface area contributed by atoms with Crippen LogP contribution in [0, 0.1) is 101 Å². The van der Waals surface area contributed by atoms with Crippen molar-refractivity contribution in [2.24, 2.45) is 101 Å². The Balaban J connectivity index is 1.00. The van der Waals surface area contributed by atoms with Crippen LogP contribution in [0.4, 0.5) is 0 Å². The van der Waals surface area contributed by atoms with Crippen molar-refractivity contribution < 1.29 is 9.53 Å². The Morgan fingerprint density at radius 1 is 0.639 bits per heavy atom. The standard InChI is InChI=1S/C34H46O2/c1-34(36-33(35)24-9-16-2-3-17(24)8-16,27-14-22-12-25(27)31-20-6-4-18(10-20)29(22)31)28-15-23-13-26(28)32-21-7-5-19(11-21)30(23)32/h2-3,16-32H,4-15H2,1H3. The van der Waals surface area contributed by atoms with Crippen LogP contribution in [0.15, 0.2) is 12.2 Å². The van der Waals surface area contributed by atoms with Crippen LogP contribution >= 0.6 is 0 Å². The molecule has 17 unspecified atom stereocenters. The van der Waals surface area contributed by atoms with Gasteiger partial charge in [-0.25, -0.2) is 0 Å². The van der Waals surface area contributed by atoms with Gasteiger partial charge in [0, 0.05) is 11.8 Å². The van der Waals surface area contributed by atoms with E-state index in [0.29, 0.717) is 23.7 Å². The Kier molecular flexibility index (Phi) is 4.01. The van der Waals surface area contributed by atoms with E-state index in [4.69, 9.17) is 4.74 Å². The van der Waals surface area contributed by atoms with Crippen molar-refractivity contribution in [2.45, 2.75) is 89.6 Å². The lowest BCUT2D eigenvalue weighted by Gasteiger charge is -2.52. The average molecular weight is 487 g/mol. The third kappa shape index (κ3) is 2.42. The highest BCUT2D eigenvalue weighted by Crippen LogP contribution is 2.74. The highest BCUT2D eigenvalue weighted by molar-refractivity contribution is 5.74. The molecule has 194 valence electrons. The average Bonchev–Trinajstić information content (AvgIpc) is 3.76. The number of allylic oxidation sites excluding steroid dienone is 2. The second kappa shape index (κ2) is 6.85. The first kappa shape index (κ1) is 21.1. The second-order valence-electron chi connectivity index (χ2n) is 16.5. The lowest BCUT2D eigenvalue weighted by atomic mass is 9.57. The number of carbonyl (C=O) groups is 1. The van der Waals surface area contributed by atoms with Gasteiger partial charge in [-0.1, -0.05) is 12.2 Å². The minimum Gasteiger partial charge on any atom is -0.459 e. The van der Waals surface area contributed by atoms with Gasteiger partial charge < -0.3 is 4.74 Å². The van der Waals surface area contributed by atoms with Gasteiger partial charge >= 0.3 is 5.97 Å². The van der Waals surface area contributed by atoms with E-state index in [-0.39, 0.29) is 17.5 Å². The summed E-state index contributed by atoms with van der Waals surface area (Å²) in [5, 5.41) is 0. The summed E-state index contributed by atoms with van der Waals surface area (Å²) in [5.74, 6) is 14.7. The van der Waals surface area contributed by atoms with Gasteiger partial charge in [-0.15, -0.1) is 0 Å². The summed E-state index contributed by atoms with van der Waals surface area (Å²) in [6.45, 7) is 2.52. The molecule has 0 spiro atoms. The van der Waals surface area contributed by atoms with Gasteiger partial charge in [0.15, 0.2) is 0 Å². The van der Waals surface area contributed by atoms with E-state index in [1.807, 2.05) is 0 Å². The first-order valence-corrected chi connectivity index (χ1v) is 16.5. The van der Waals surface area contributed by atoms with Crippen molar-refractivity contribution in [1.29, 1.82) is 0 Å². The second-order valence-corrected chi connectivity index (χ2v) is 16.5. The van der Waals surface area contributed by atoms with Crippen molar-refractivity contribution in [3.8, 4) is 0 Å². The van der Waals surface area contributed by atoms with Crippen LogP contribution in [0.2, 0.25) is 0 Å². The molecule has 0 saturated heterocycles. The van der Waals surface area contributed by atoms with Gasteiger partial charge in [-0.05, 0) is 167 Å². The number of hydrogen-bond donors (Lipinski definition) is 0. The van der Waals surface area contributed by atoms with Crippen LogP contribution in [0.25, 0.3) is 0 Å². The van der Waals surface area contributed by atoms with Crippen molar-refractivity contribution in [1.82, 2.24) is 0 Å². The molecule has 10 rings (SSSR count).